The Kier molecular flexibility index (Phi) is 13.1. The van der Waals surface area contributed by atoms with E-state index in [2.05, 4.69) is 159 Å². The number of aryl methyl sites for hydroxylation is 2. The van der Waals surface area contributed by atoms with Crippen molar-refractivity contribution < 1.29 is 51.0 Å². The first kappa shape index (κ1) is 37.7. The Morgan fingerprint density at radius 3 is 1.84 bits per heavy atom. The van der Waals surface area contributed by atoms with Crippen LogP contribution < -0.4 is 24.8 Å². The first-order valence-electron chi connectivity index (χ1n) is 15.0. The fraction of sp³-hybridized carbons (Fsp3) is 0.268. The summed E-state index contributed by atoms with van der Waals surface area (Å²) in [6.07, 6.45) is 0. The standard InChI is InChI=1S/C22H25.C19H19.2ClH.Zr/c1-15(2)18-13-17-7-6-8-20(21(17)14-18)16-9-11-19(12-10-16)22(3,4)5;1-12-10-17-14(3)13(2)15(4)19(18(17)11-12)16-8-6-5-7-9-16;;;/h6-15H,1-5H3;5-11H,1-4H3;2*1H;/q2*-1;;;+4/p-2. The van der Waals surface area contributed by atoms with Crippen LogP contribution in [0.3, 0.4) is 0 Å². The molecule has 0 fully saturated rings. The van der Waals surface area contributed by atoms with Crippen LogP contribution in [0.15, 0.2) is 97.1 Å². The third-order valence-corrected chi connectivity index (χ3v) is 8.77. The number of rotatable bonds is 3. The summed E-state index contributed by atoms with van der Waals surface area (Å²) >= 11 is 0. The van der Waals surface area contributed by atoms with Crippen molar-refractivity contribution in [2.75, 3.05) is 0 Å². The van der Waals surface area contributed by atoms with Crippen molar-refractivity contribution in [1.82, 2.24) is 0 Å². The van der Waals surface area contributed by atoms with E-state index in [1.807, 2.05) is 0 Å². The van der Waals surface area contributed by atoms with Crippen LogP contribution in [-0.2, 0) is 31.6 Å². The normalized spacial score (nSPS) is 11.0. The molecule has 44 heavy (non-hydrogen) atoms. The number of halogens is 2. The van der Waals surface area contributed by atoms with Crippen molar-refractivity contribution in [3.05, 3.63) is 130 Å². The van der Waals surface area contributed by atoms with Gasteiger partial charge in [-0.15, -0.1) is 62.5 Å². The zero-order chi connectivity index (χ0) is 29.5. The van der Waals surface area contributed by atoms with Crippen molar-refractivity contribution in [3.63, 3.8) is 0 Å². The Balaban J connectivity index is 0.000000290. The van der Waals surface area contributed by atoms with E-state index in [0.717, 1.165) is 0 Å². The predicted octanol–water partition coefficient (Wildman–Crippen LogP) is 6.11. The van der Waals surface area contributed by atoms with Gasteiger partial charge in [0.25, 0.3) is 0 Å². The quantitative estimate of drug-likeness (QED) is 0.196. The van der Waals surface area contributed by atoms with Crippen LogP contribution in [0.5, 0.6) is 0 Å². The van der Waals surface area contributed by atoms with E-state index in [1.165, 1.54) is 77.2 Å². The molecule has 226 valence electrons. The second kappa shape index (κ2) is 15.2. The minimum absolute atomic E-state index is 0. The van der Waals surface area contributed by atoms with Crippen LogP contribution in [0.25, 0.3) is 43.8 Å². The van der Waals surface area contributed by atoms with Crippen LogP contribution >= 0.6 is 0 Å². The molecule has 3 heteroatoms. The molecule has 0 nitrogen and oxygen atoms in total. The summed E-state index contributed by atoms with van der Waals surface area (Å²) in [5.74, 6) is 0.573. The minimum atomic E-state index is 0. The predicted molar refractivity (Wildman–Crippen MR) is 182 cm³/mol. The SMILES string of the molecule is CC(C)c1cc2c(-c3ccc(C(C)(C)C)cc3)cccc2[cH-]1.Cc1cc2c(-c3ccccc3)c(C)c(C)c(C)c2[cH-]1.[Cl-].[Cl-].[Zr+4]. The topological polar surface area (TPSA) is 0 Å². The van der Waals surface area contributed by atoms with Crippen molar-refractivity contribution in [2.24, 2.45) is 0 Å². The van der Waals surface area contributed by atoms with Crippen molar-refractivity contribution in [1.29, 1.82) is 0 Å². The molecule has 0 atom stereocenters. The maximum absolute atomic E-state index is 2.35. The summed E-state index contributed by atoms with van der Waals surface area (Å²) in [5.41, 5.74) is 14.0. The van der Waals surface area contributed by atoms with E-state index in [4.69, 9.17) is 0 Å². The van der Waals surface area contributed by atoms with Crippen molar-refractivity contribution >= 4 is 21.5 Å². The summed E-state index contributed by atoms with van der Waals surface area (Å²) in [6.45, 7) is 20.2. The van der Waals surface area contributed by atoms with Gasteiger partial charge in [0.1, 0.15) is 0 Å². The molecule has 0 N–H and O–H groups in total. The molecule has 6 rings (SSSR count). The van der Waals surface area contributed by atoms with E-state index in [-0.39, 0.29) is 56.4 Å². The second-order valence-electron chi connectivity index (χ2n) is 13.1. The second-order valence-corrected chi connectivity index (χ2v) is 13.1. The molecule has 0 spiro atoms. The van der Waals surface area contributed by atoms with E-state index in [1.54, 1.807) is 0 Å². The molecule has 0 unspecified atom stereocenters. The summed E-state index contributed by atoms with van der Waals surface area (Å²) < 4.78 is 0. The van der Waals surface area contributed by atoms with Crippen LogP contribution in [0.2, 0.25) is 0 Å². The number of benzene rings is 4. The molecule has 0 aliphatic rings. The molecule has 0 bridgehead atoms. The molecule has 6 aromatic rings. The Labute approximate surface area is 297 Å². The van der Waals surface area contributed by atoms with Gasteiger partial charge in [-0.25, -0.2) is 0 Å². The van der Waals surface area contributed by atoms with Gasteiger partial charge >= 0.3 is 26.2 Å². The third-order valence-electron chi connectivity index (χ3n) is 8.77. The number of hydrogen-bond acceptors (Lipinski definition) is 0. The molecular weight excluding hydrogens is 655 g/mol. The van der Waals surface area contributed by atoms with Gasteiger partial charge in [-0.2, -0.15) is 12.1 Å². The summed E-state index contributed by atoms with van der Waals surface area (Å²) in [7, 11) is 0. The molecular formula is C41H44Cl2Zr. The largest absolute Gasteiger partial charge is 4.00 e. The van der Waals surface area contributed by atoms with Gasteiger partial charge in [0, 0.05) is 0 Å². The van der Waals surface area contributed by atoms with E-state index in [0.29, 0.717) is 5.92 Å². The Morgan fingerprint density at radius 2 is 1.25 bits per heavy atom. The molecule has 0 heterocycles. The molecule has 0 aliphatic carbocycles. The van der Waals surface area contributed by atoms with Crippen LogP contribution in [-0.4, -0.2) is 0 Å². The first-order chi connectivity index (χ1) is 19.5. The van der Waals surface area contributed by atoms with Gasteiger partial charge in [0.05, 0.1) is 0 Å². The Bertz CT molecular complexity index is 1810. The van der Waals surface area contributed by atoms with Crippen LogP contribution in [0, 0.1) is 27.7 Å². The molecule has 0 aromatic heterocycles. The zero-order valence-electron chi connectivity index (χ0n) is 27.6. The average molecular weight is 699 g/mol. The molecule has 6 aromatic carbocycles. The van der Waals surface area contributed by atoms with E-state index >= 15 is 0 Å². The first-order valence-corrected chi connectivity index (χ1v) is 15.0. The molecule has 0 saturated heterocycles. The van der Waals surface area contributed by atoms with Gasteiger partial charge in [0.15, 0.2) is 0 Å². The Hall–Kier alpha value is -2.44. The zero-order valence-corrected chi connectivity index (χ0v) is 31.5. The van der Waals surface area contributed by atoms with E-state index < -0.39 is 0 Å². The number of fused-ring (bicyclic) bond motifs is 2. The monoisotopic (exact) mass is 696 g/mol. The van der Waals surface area contributed by atoms with Gasteiger partial charge in [-0.1, -0.05) is 131 Å². The fourth-order valence-electron chi connectivity index (χ4n) is 6.01. The average Bonchev–Trinajstić information content (AvgIpc) is 3.56. The van der Waals surface area contributed by atoms with Crippen LogP contribution in [0.1, 0.15) is 73.9 Å². The summed E-state index contributed by atoms with van der Waals surface area (Å²) in [4.78, 5) is 0. The fourth-order valence-corrected chi connectivity index (χ4v) is 6.01. The smallest absolute Gasteiger partial charge is 1.00 e. The maximum atomic E-state index is 2.35. The molecule has 0 saturated carbocycles. The Morgan fingerprint density at radius 1 is 0.614 bits per heavy atom. The molecule has 0 amide bonds. The molecule has 0 radical (unpaired) electrons. The van der Waals surface area contributed by atoms with Crippen molar-refractivity contribution in [2.45, 2.75) is 73.6 Å². The molecule has 0 aliphatic heterocycles. The summed E-state index contributed by atoms with van der Waals surface area (Å²) in [5, 5.41) is 5.51. The minimum Gasteiger partial charge on any atom is -1.00 e. The van der Waals surface area contributed by atoms with Gasteiger partial charge in [0.2, 0.25) is 0 Å². The van der Waals surface area contributed by atoms with Crippen molar-refractivity contribution in [3.8, 4) is 22.3 Å². The maximum Gasteiger partial charge on any atom is 4.00 e. The summed E-state index contributed by atoms with van der Waals surface area (Å²) in [6, 6.07) is 35.7. The van der Waals surface area contributed by atoms with Gasteiger partial charge < -0.3 is 24.8 Å². The van der Waals surface area contributed by atoms with E-state index in [9.17, 15) is 0 Å². The number of hydrogen-bond donors (Lipinski definition) is 0. The third kappa shape index (κ3) is 7.67. The van der Waals surface area contributed by atoms with Crippen LogP contribution in [0.4, 0.5) is 0 Å². The van der Waals surface area contributed by atoms with Gasteiger partial charge in [-0.05, 0) is 41.9 Å². The van der Waals surface area contributed by atoms with Gasteiger partial charge in [-0.3, -0.25) is 0 Å².